The summed E-state index contributed by atoms with van der Waals surface area (Å²) in [5.41, 5.74) is 16.9. The lowest BCUT2D eigenvalue weighted by Gasteiger charge is -2.09. The number of carbonyl (C=O) groups excluding carboxylic acids is 2. The maximum Gasteiger partial charge on any atom is 0.251 e. The van der Waals surface area contributed by atoms with Gasteiger partial charge in [0.25, 0.3) is 11.8 Å². The van der Waals surface area contributed by atoms with Crippen molar-refractivity contribution in [2.75, 3.05) is 18.0 Å². The second-order valence-electron chi connectivity index (χ2n) is 12.8. The highest BCUT2D eigenvalue weighted by Gasteiger charge is 2.17. The molecule has 0 radical (unpaired) electrons. The number of unbranched alkanes of at least 4 members (excludes halogenated alkanes) is 1. The smallest absolute Gasteiger partial charge is 0.251 e. The summed E-state index contributed by atoms with van der Waals surface area (Å²) in [4.78, 5) is 42.2. The van der Waals surface area contributed by atoms with Crippen LogP contribution in [0.15, 0.2) is 107 Å². The number of anilines is 2. The molecule has 8 aromatic rings. The van der Waals surface area contributed by atoms with E-state index in [0.717, 1.165) is 24.0 Å². The van der Waals surface area contributed by atoms with Gasteiger partial charge in [-0.05, 0) is 68.8 Å². The molecule has 0 bridgehead atoms. The average molecular weight is 739 g/mol. The van der Waals surface area contributed by atoms with Crippen LogP contribution < -0.4 is 22.1 Å². The van der Waals surface area contributed by atoms with E-state index in [1.54, 1.807) is 82.5 Å². The molecule has 0 aliphatic carbocycles. The van der Waals surface area contributed by atoms with E-state index in [0.29, 0.717) is 63.5 Å². The molecule has 16 nitrogen and oxygen atoms in total. The minimum Gasteiger partial charge on any atom is -0.461 e. The van der Waals surface area contributed by atoms with Crippen LogP contribution in [0.3, 0.4) is 0 Å². The number of hydrogen-bond donors (Lipinski definition) is 4. The van der Waals surface area contributed by atoms with Gasteiger partial charge in [-0.25, -0.2) is 29.0 Å². The van der Waals surface area contributed by atoms with Crippen LogP contribution in [-0.4, -0.2) is 63.6 Å². The molecule has 0 atom stereocenters. The molecular weight excluding hydrogens is 701 g/mol. The Balaban J connectivity index is 0.000000169. The highest BCUT2D eigenvalue weighted by atomic mass is 16.3. The van der Waals surface area contributed by atoms with Crippen LogP contribution in [0.1, 0.15) is 54.3 Å². The first kappa shape index (κ1) is 36.0. The fourth-order valence-corrected chi connectivity index (χ4v) is 5.59. The van der Waals surface area contributed by atoms with E-state index in [1.165, 1.54) is 0 Å². The molecule has 6 aromatic heterocycles. The zero-order valence-electron chi connectivity index (χ0n) is 30.3. The third-order valence-corrected chi connectivity index (χ3v) is 8.25. The summed E-state index contributed by atoms with van der Waals surface area (Å²) in [7, 11) is 0. The number of carbonyl (C=O) groups is 2. The van der Waals surface area contributed by atoms with Gasteiger partial charge in [0.1, 0.15) is 0 Å². The van der Waals surface area contributed by atoms with Gasteiger partial charge in [0, 0.05) is 34.8 Å². The van der Waals surface area contributed by atoms with Gasteiger partial charge in [0.05, 0.1) is 36.3 Å². The van der Waals surface area contributed by atoms with Crippen molar-refractivity contribution in [1.82, 2.24) is 49.8 Å². The van der Waals surface area contributed by atoms with E-state index in [1.807, 2.05) is 38.1 Å². The normalized spacial score (nSPS) is 11.1. The summed E-state index contributed by atoms with van der Waals surface area (Å²) in [6, 6.07) is 21.6. The van der Waals surface area contributed by atoms with Gasteiger partial charge < -0.3 is 30.9 Å². The van der Waals surface area contributed by atoms with Gasteiger partial charge in [-0.1, -0.05) is 37.6 Å². The van der Waals surface area contributed by atoms with E-state index < -0.39 is 0 Å². The molecule has 0 fully saturated rings. The molecule has 0 saturated carbocycles. The fraction of sp³-hybridized carbons (Fsp3) is 0.179. The van der Waals surface area contributed by atoms with Crippen molar-refractivity contribution in [3.05, 3.63) is 109 Å². The van der Waals surface area contributed by atoms with E-state index in [2.05, 4.69) is 47.7 Å². The minimum atomic E-state index is -0.137. The van der Waals surface area contributed by atoms with Gasteiger partial charge in [-0.15, -0.1) is 10.2 Å². The van der Waals surface area contributed by atoms with Crippen LogP contribution >= 0.6 is 0 Å². The van der Waals surface area contributed by atoms with E-state index in [9.17, 15) is 9.59 Å². The van der Waals surface area contributed by atoms with Gasteiger partial charge in [-0.2, -0.15) is 0 Å². The molecule has 2 amide bonds. The van der Waals surface area contributed by atoms with Crippen LogP contribution in [0.25, 0.3) is 57.0 Å². The monoisotopic (exact) mass is 738 g/mol. The molecule has 2 aromatic carbocycles. The third-order valence-electron chi connectivity index (χ3n) is 8.25. The van der Waals surface area contributed by atoms with Crippen molar-refractivity contribution in [2.45, 2.75) is 39.7 Å². The van der Waals surface area contributed by atoms with Gasteiger partial charge in [-0.3, -0.25) is 9.59 Å². The number of nitrogens with one attached hydrogen (secondary N) is 2. The molecule has 55 heavy (non-hydrogen) atoms. The highest BCUT2D eigenvalue weighted by Crippen LogP contribution is 2.25. The number of rotatable bonds is 10. The van der Waals surface area contributed by atoms with Crippen molar-refractivity contribution >= 4 is 34.7 Å². The van der Waals surface area contributed by atoms with Gasteiger partial charge in [0.15, 0.2) is 34.5 Å². The number of nitrogen functional groups attached to an aromatic ring is 2. The summed E-state index contributed by atoms with van der Waals surface area (Å²) in [6.07, 6.45) is 8.56. The average Bonchev–Trinajstić information content (AvgIpc) is 4.02. The Labute approximate surface area is 314 Å². The topological polar surface area (TPSA) is 223 Å². The number of furan rings is 2. The Morgan fingerprint density at radius 1 is 0.709 bits per heavy atom. The molecule has 0 spiro atoms. The van der Waals surface area contributed by atoms with Crippen LogP contribution in [0, 0.1) is 0 Å². The molecule has 278 valence electrons. The maximum absolute atomic E-state index is 12.3. The van der Waals surface area contributed by atoms with Gasteiger partial charge >= 0.3 is 0 Å². The molecule has 6 heterocycles. The van der Waals surface area contributed by atoms with Crippen LogP contribution in [0.4, 0.5) is 11.6 Å². The largest absolute Gasteiger partial charge is 0.461 e. The van der Waals surface area contributed by atoms with E-state index >= 15 is 0 Å². The Bertz CT molecular complexity index is 2590. The lowest BCUT2D eigenvalue weighted by atomic mass is 10.1. The number of fused-ring (bicyclic) bond motifs is 2. The van der Waals surface area contributed by atoms with E-state index in [4.69, 9.17) is 20.3 Å². The predicted molar refractivity (Wildman–Crippen MR) is 207 cm³/mol. The second-order valence-corrected chi connectivity index (χ2v) is 12.8. The minimum absolute atomic E-state index is 0.0569. The molecule has 0 aliphatic heterocycles. The molecule has 16 heteroatoms. The number of nitrogens with zero attached hydrogens (tertiary/aromatic N) is 8. The zero-order valence-corrected chi connectivity index (χ0v) is 30.3. The second kappa shape index (κ2) is 15.7. The first-order valence-electron chi connectivity index (χ1n) is 17.6. The Kier molecular flexibility index (Phi) is 10.3. The molecule has 6 N–H and O–H groups in total. The first-order valence-corrected chi connectivity index (χ1v) is 17.6. The lowest BCUT2D eigenvalue weighted by Crippen LogP contribution is -2.30. The van der Waals surface area contributed by atoms with Crippen LogP contribution in [-0.2, 0) is 0 Å². The number of amides is 2. The molecule has 0 unspecified atom stereocenters. The Hall–Kier alpha value is -7.36. The number of nitrogens with two attached hydrogens (primary N) is 2. The summed E-state index contributed by atoms with van der Waals surface area (Å²) in [5, 5.41) is 14.6. The van der Waals surface area contributed by atoms with Crippen molar-refractivity contribution in [2.24, 2.45) is 0 Å². The molecule has 8 rings (SSSR count). The Morgan fingerprint density at radius 3 is 1.67 bits per heavy atom. The summed E-state index contributed by atoms with van der Waals surface area (Å²) in [6.45, 7) is 6.57. The lowest BCUT2D eigenvalue weighted by molar-refractivity contribution is 0.0938. The zero-order chi connectivity index (χ0) is 38.5. The maximum atomic E-state index is 12.3. The molecule has 0 saturated heterocycles. The first-order chi connectivity index (χ1) is 26.7. The van der Waals surface area contributed by atoms with Crippen molar-refractivity contribution in [3.8, 4) is 45.7 Å². The van der Waals surface area contributed by atoms with Crippen molar-refractivity contribution in [3.63, 3.8) is 0 Å². The quantitative estimate of drug-likeness (QED) is 0.120. The predicted octanol–water partition coefficient (Wildman–Crippen LogP) is 5.94. The van der Waals surface area contributed by atoms with Crippen LogP contribution in [0.5, 0.6) is 0 Å². The van der Waals surface area contributed by atoms with E-state index in [-0.39, 0.29) is 29.5 Å². The SMILES string of the molecule is CC(C)NC(=O)c1cccc(-c2cn3nc(-c4ccco4)nc3c(N)n2)c1.CCCCNC(=O)c1cccc(-c2cn3nc(-c4ccco4)nc3c(N)n2)c1. The highest BCUT2D eigenvalue weighted by molar-refractivity contribution is 5.96. The number of benzene rings is 2. The Morgan fingerprint density at radius 2 is 1.22 bits per heavy atom. The van der Waals surface area contributed by atoms with Gasteiger partial charge in [0.2, 0.25) is 11.6 Å². The summed E-state index contributed by atoms with van der Waals surface area (Å²) < 4.78 is 13.8. The van der Waals surface area contributed by atoms with Crippen LogP contribution in [0.2, 0.25) is 0 Å². The third kappa shape index (κ3) is 8.02. The van der Waals surface area contributed by atoms with Crippen molar-refractivity contribution in [1.29, 1.82) is 0 Å². The molecular formula is C39H38N12O4. The summed E-state index contributed by atoms with van der Waals surface area (Å²) in [5.74, 6) is 2.21. The number of hydrogen-bond acceptors (Lipinski definition) is 12. The standard InChI is InChI=1S/C20H20N6O2.C19H18N6O2/c1-2-3-9-22-20(27)14-7-4-6-13(11-14)15-12-26-19(17(21)23-15)24-18(25-26)16-8-5-10-28-16;1-11(2)21-19(26)13-6-3-5-12(9-13)14-10-25-18(16(20)22-14)23-17(24-25)15-7-4-8-27-15/h4-8,10-12H,2-3,9H2,1H3,(H2,21,23)(H,22,27);3-11H,1-2H3,(H2,20,22)(H,21,26). The number of aromatic nitrogens is 8. The molecule has 0 aliphatic rings. The summed E-state index contributed by atoms with van der Waals surface area (Å²) >= 11 is 0. The van der Waals surface area contributed by atoms with Crippen molar-refractivity contribution < 1.29 is 18.4 Å². The fourth-order valence-electron chi connectivity index (χ4n) is 5.59.